The lowest BCUT2D eigenvalue weighted by molar-refractivity contribution is 0.572. The highest BCUT2D eigenvalue weighted by atomic mass is 79.9. The Balaban J connectivity index is 1.95. The molecule has 112 valence electrons. The Hall–Kier alpha value is -0.480. The molecular weight excluding hydrogens is 366 g/mol. The third kappa shape index (κ3) is 6.03. The first-order valence-corrected chi connectivity index (χ1v) is 9.19. The maximum absolute atomic E-state index is 6.06. The summed E-state index contributed by atoms with van der Waals surface area (Å²) in [6.45, 7) is 3.12. The van der Waals surface area contributed by atoms with E-state index in [9.17, 15) is 0 Å². The molecule has 1 atom stereocenters. The van der Waals surface area contributed by atoms with E-state index in [0.717, 1.165) is 28.2 Å². The van der Waals surface area contributed by atoms with Gasteiger partial charge in [0.2, 0.25) is 0 Å². The number of hydrogen-bond acceptors (Lipinski definition) is 2. The van der Waals surface area contributed by atoms with Crippen LogP contribution in [-0.2, 0) is 6.42 Å². The molecule has 0 radical (unpaired) electrons. The Morgan fingerprint density at radius 1 is 1.19 bits per heavy atom. The number of halogens is 2. The fourth-order valence-corrected chi connectivity index (χ4v) is 3.96. The van der Waals surface area contributed by atoms with E-state index in [1.165, 1.54) is 10.5 Å². The molecule has 0 saturated carbocycles. The second-order valence-electron chi connectivity index (χ2n) is 4.86. The van der Waals surface area contributed by atoms with Crippen LogP contribution in [0.25, 0.3) is 0 Å². The van der Waals surface area contributed by atoms with Crippen molar-refractivity contribution in [3.8, 4) is 0 Å². The van der Waals surface area contributed by atoms with Gasteiger partial charge in [-0.2, -0.15) is 0 Å². The smallest absolute Gasteiger partial charge is 0.0408 e. The van der Waals surface area contributed by atoms with Crippen molar-refractivity contribution in [2.24, 2.45) is 0 Å². The lowest BCUT2D eigenvalue weighted by atomic mass is 10.1. The molecule has 0 aromatic heterocycles. The second kappa shape index (κ2) is 8.84. The van der Waals surface area contributed by atoms with Gasteiger partial charge in [-0.25, -0.2) is 0 Å². The molecule has 0 amide bonds. The number of benzene rings is 2. The normalized spacial score (nSPS) is 12.3. The Labute approximate surface area is 144 Å². The maximum atomic E-state index is 6.06. The molecule has 0 spiro atoms. The van der Waals surface area contributed by atoms with Crippen molar-refractivity contribution in [1.29, 1.82) is 0 Å². The minimum Gasteiger partial charge on any atom is -0.313 e. The molecule has 0 aliphatic rings. The Kier molecular flexibility index (Phi) is 7.11. The van der Waals surface area contributed by atoms with Crippen molar-refractivity contribution >= 4 is 39.3 Å². The number of hydrogen-bond donors (Lipinski definition) is 1. The summed E-state index contributed by atoms with van der Waals surface area (Å²) in [5.74, 6) is 1.04. The predicted octanol–water partition coefficient (Wildman–Crippen LogP) is 5.42. The van der Waals surface area contributed by atoms with Gasteiger partial charge in [-0.05, 0) is 48.9 Å². The first-order valence-electron chi connectivity index (χ1n) is 7.03. The van der Waals surface area contributed by atoms with Crippen molar-refractivity contribution in [3.05, 3.63) is 63.6 Å². The van der Waals surface area contributed by atoms with E-state index < -0.39 is 0 Å². The van der Waals surface area contributed by atoms with Crippen molar-refractivity contribution in [1.82, 2.24) is 5.32 Å². The zero-order valence-corrected chi connectivity index (χ0v) is 15.1. The Morgan fingerprint density at radius 3 is 2.71 bits per heavy atom. The molecule has 0 heterocycles. The van der Waals surface area contributed by atoms with Gasteiger partial charge in [-0.15, -0.1) is 11.8 Å². The fourth-order valence-electron chi connectivity index (χ4n) is 2.18. The van der Waals surface area contributed by atoms with E-state index in [2.05, 4.69) is 64.6 Å². The molecule has 0 fully saturated rings. The molecule has 4 heteroatoms. The van der Waals surface area contributed by atoms with E-state index in [4.69, 9.17) is 11.6 Å². The fraction of sp³-hybridized carbons (Fsp3) is 0.294. The Bertz CT molecular complexity index is 576. The van der Waals surface area contributed by atoms with E-state index in [1.54, 1.807) is 0 Å². The molecule has 2 rings (SSSR count). The molecular formula is C17H19BrClNS. The minimum atomic E-state index is 0.442. The zero-order valence-electron chi connectivity index (χ0n) is 12.0. The second-order valence-corrected chi connectivity index (χ2v) is 7.30. The lowest BCUT2D eigenvalue weighted by Gasteiger charge is -2.18. The topological polar surface area (TPSA) is 12.0 Å². The monoisotopic (exact) mass is 383 g/mol. The highest BCUT2D eigenvalue weighted by molar-refractivity contribution is 9.10. The van der Waals surface area contributed by atoms with E-state index in [0.29, 0.717) is 6.04 Å². The molecule has 2 aromatic rings. The van der Waals surface area contributed by atoms with Gasteiger partial charge < -0.3 is 5.32 Å². The van der Waals surface area contributed by atoms with Crippen LogP contribution in [0.1, 0.15) is 12.5 Å². The number of thioether (sulfide) groups is 1. The van der Waals surface area contributed by atoms with Crippen LogP contribution in [0.2, 0.25) is 5.02 Å². The van der Waals surface area contributed by atoms with Crippen LogP contribution < -0.4 is 5.32 Å². The standard InChI is InChI=1S/C17H19BrClNS/c1-2-20-16(10-13-5-3-7-15(19)9-13)12-21-17-8-4-6-14(18)11-17/h3-9,11,16,20H,2,10,12H2,1H3. The molecule has 0 saturated heterocycles. The largest absolute Gasteiger partial charge is 0.313 e. The van der Waals surface area contributed by atoms with Crippen molar-refractivity contribution in [2.75, 3.05) is 12.3 Å². The van der Waals surface area contributed by atoms with Crippen LogP contribution in [0.15, 0.2) is 57.9 Å². The van der Waals surface area contributed by atoms with Crippen LogP contribution in [0.5, 0.6) is 0 Å². The summed E-state index contributed by atoms with van der Waals surface area (Å²) in [6, 6.07) is 17.0. The minimum absolute atomic E-state index is 0.442. The summed E-state index contributed by atoms with van der Waals surface area (Å²) in [7, 11) is 0. The first kappa shape index (κ1) is 16.9. The van der Waals surface area contributed by atoms with Gasteiger partial charge in [0.15, 0.2) is 0 Å². The van der Waals surface area contributed by atoms with E-state index in [1.807, 2.05) is 23.9 Å². The highest BCUT2D eigenvalue weighted by Crippen LogP contribution is 2.23. The molecule has 21 heavy (non-hydrogen) atoms. The van der Waals surface area contributed by atoms with E-state index in [-0.39, 0.29) is 0 Å². The van der Waals surface area contributed by atoms with Gasteiger partial charge >= 0.3 is 0 Å². The van der Waals surface area contributed by atoms with Gasteiger partial charge in [0, 0.05) is 26.2 Å². The van der Waals surface area contributed by atoms with Gasteiger partial charge in [0.1, 0.15) is 0 Å². The summed E-state index contributed by atoms with van der Waals surface area (Å²) in [5.41, 5.74) is 1.28. The van der Waals surface area contributed by atoms with Gasteiger partial charge in [0.05, 0.1) is 0 Å². The molecule has 1 unspecified atom stereocenters. The molecule has 1 N–H and O–H groups in total. The molecule has 0 aliphatic heterocycles. The predicted molar refractivity (Wildman–Crippen MR) is 97.5 cm³/mol. The average Bonchev–Trinajstić information content (AvgIpc) is 2.45. The first-order chi connectivity index (χ1) is 10.2. The average molecular weight is 385 g/mol. The summed E-state index contributed by atoms with van der Waals surface area (Å²) < 4.78 is 1.13. The molecule has 2 aromatic carbocycles. The Morgan fingerprint density at radius 2 is 2.00 bits per heavy atom. The molecule has 1 nitrogen and oxygen atoms in total. The molecule has 0 aliphatic carbocycles. The third-order valence-corrected chi connectivity index (χ3v) is 5.00. The van der Waals surface area contributed by atoms with Crippen molar-refractivity contribution in [3.63, 3.8) is 0 Å². The van der Waals surface area contributed by atoms with Crippen LogP contribution >= 0.6 is 39.3 Å². The number of nitrogens with one attached hydrogen (secondary N) is 1. The maximum Gasteiger partial charge on any atom is 0.0408 e. The quantitative estimate of drug-likeness (QED) is 0.640. The van der Waals surface area contributed by atoms with E-state index >= 15 is 0 Å². The third-order valence-electron chi connectivity index (χ3n) is 3.11. The highest BCUT2D eigenvalue weighted by Gasteiger charge is 2.09. The van der Waals surface area contributed by atoms with Crippen molar-refractivity contribution in [2.45, 2.75) is 24.3 Å². The lowest BCUT2D eigenvalue weighted by Crippen LogP contribution is -2.33. The van der Waals surface area contributed by atoms with Crippen LogP contribution in [0.4, 0.5) is 0 Å². The van der Waals surface area contributed by atoms with Crippen LogP contribution in [0.3, 0.4) is 0 Å². The summed E-state index contributed by atoms with van der Waals surface area (Å²) in [4.78, 5) is 1.29. The van der Waals surface area contributed by atoms with Gasteiger partial charge in [0.25, 0.3) is 0 Å². The summed E-state index contributed by atoms with van der Waals surface area (Å²) in [5, 5.41) is 4.37. The van der Waals surface area contributed by atoms with Crippen molar-refractivity contribution < 1.29 is 0 Å². The van der Waals surface area contributed by atoms with Gasteiger partial charge in [-0.3, -0.25) is 0 Å². The van der Waals surface area contributed by atoms with Crippen LogP contribution in [0, 0.1) is 0 Å². The summed E-state index contributed by atoms with van der Waals surface area (Å²) >= 11 is 11.5. The molecule has 0 bridgehead atoms. The summed E-state index contributed by atoms with van der Waals surface area (Å²) in [6.07, 6.45) is 0.995. The number of likely N-dealkylation sites (N-methyl/N-ethyl adjacent to an activating group) is 1. The SMILES string of the molecule is CCNC(CSc1cccc(Br)c1)Cc1cccc(Cl)c1. The van der Waals surface area contributed by atoms with Crippen LogP contribution in [-0.4, -0.2) is 18.3 Å². The zero-order chi connectivity index (χ0) is 15.1. The number of rotatable bonds is 7. The van der Waals surface area contributed by atoms with Gasteiger partial charge in [-0.1, -0.05) is 52.7 Å².